The van der Waals surface area contributed by atoms with Gasteiger partial charge in [0, 0.05) is 11.6 Å². The predicted molar refractivity (Wildman–Crippen MR) is 99.1 cm³/mol. The Hall–Kier alpha value is -1.75. The molecule has 0 aliphatic carbocycles. The Morgan fingerprint density at radius 2 is 1.92 bits per heavy atom. The van der Waals surface area contributed by atoms with E-state index in [1.807, 2.05) is 49.2 Å². The topological polar surface area (TPSA) is 41.6 Å². The summed E-state index contributed by atoms with van der Waals surface area (Å²) >= 11 is 12.0. The number of ether oxygens (including phenoxy) is 1. The van der Waals surface area contributed by atoms with Crippen LogP contribution in [0.1, 0.15) is 6.92 Å². The number of anilines is 1. The minimum absolute atomic E-state index is 0.152. The molecule has 4 nitrogen and oxygen atoms in total. The average Bonchev–Trinajstić information content (AvgIpc) is 2.58. The maximum absolute atomic E-state index is 12.4. The third kappa shape index (κ3) is 5.41. The molecule has 0 saturated carbocycles. The molecule has 0 aliphatic rings. The second-order valence-corrected chi connectivity index (χ2v) is 6.28. The Balaban J connectivity index is 1.84. The minimum Gasteiger partial charge on any atom is -0.492 e. The molecule has 2 aromatic rings. The Bertz CT molecular complexity index is 680. The highest BCUT2D eigenvalue weighted by molar-refractivity contribution is 6.35. The van der Waals surface area contributed by atoms with Gasteiger partial charge in [-0.2, -0.15) is 0 Å². The number of amides is 1. The van der Waals surface area contributed by atoms with Crippen LogP contribution in [0.15, 0.2) is 48.5 Å². The van der Waals surface area contributed by atoms with Crippen LogP contribution in [0.2, 0.25) is 10.0 Å². The van der Waals surface area contributed by atoms with E-state index in [9.17, 15) is 4.79 Å². The molecule has 0 bridgehead atoms. The van der Waals surface area contributed by atoms with Crippen molar-refractivity contribution in [3.8, 4) is 5.75 Å². The molecule has 24 heavy (non-hydrogen) atoms. The molecule has 0 radical (unpaired) electrons. The first kappa shape index (κ1) is 18.6. The third-order valence-corrected chi connectivity index (χ3v) is 4.25. The number of nitrogens with zero attached hydrogens (tertiary/aromatic N) is 1. The third-order valence-electron chi connectivity index (χ3n) is 3.68. The highest BCUT2D eigenvalue weighted by Crippen LogP contribution is 2.25. The van der Waals surface area contributed by atoms with Crippen LogP contribution in [0.4, 0.5) is 5.69 Å². The molecule has 2 aromatic carbocycles. The highest BCUT2D eigenvalue weighted by Gasteiger charge is 2.19. The molecule has 0 heterocycles. The van der Waals surface area contributed by atoms with E-state index in [0.717, 1.165) is 5.75 Å². The quantitative estimate of drug-likeness (QED) is 0.792. The number of halogens is 2. The van der Waals surface area contributed by atoms with Crippen LogP contribution in [0.5, 0.6) is 5.75 Å². The summed E-state index contributed by atoms with van der Waals surface area (Å²) in [4.78, 5) is 14.3. The summed E-state index contributed by atoms with van der Waals surface area (Å²) < 4.78 is 5.65. The second-order valence-electron chi connectivity index (χ2n) is 5.43. The lowest BCUT2D eigenvalue weighted by Gasteiger charge is -2.24. The maximum Gasteiger partial charge on any atom is 0.241 e. The van der Waals surface area contributed by atoms with Crippen molar-refractivity contribution in [2.75, 3.05) is 25.5 Å². The molecule has 0 unspecified atom stereocenters. The van der Waals surface area contributed by atoms with Crippen LogP contribution in [0, 0.1) is 0 Å². The van der Waals surface area contributed by atoms with Gasteiger partial charge in [-0.1, -0.05) is 41.4 Å². The standard InChI is InChI=1S/C18H20Cl2N2O2/c1-13(18(23)21-17-12-14(19)8-9-16(17)20)22(2)10-11-24-15-6-4-3-5-7-15/h3-9,12-13H,10-11H2,1-2H3,(H,21,23)/t13-/m0/s1. The van der Waals surface area contributed by atoms with Gasteiger partial charge < -0.3 is 10.1 Å². The number of likely N-dealkylation sites (N-methyl/N-ethyl adjacent to an activating group) is 1. The fraction of sp³-hybridized carbons (Fsp3) is 0.278. The second kappa shape index (κ2) is 8.92. The molecular weight excluding hydrogens is 347 g/mol. The van der Waals surface area contributed by atoms with Gasteiger partial charge in [-0.05, 0) is 44.3 Å². The Labute approximate surface area is 152 Å². The SMILES string of the molecule is C[C@@H](C(=O)Nc1cc(Cl)ccc1Cl)N(C)CCOc1ccccc1. The number of rotatable bonds is 7. The summed E-state index contributed by atoms with van der Waals surface area (Å²) in [6.45, 7) is 2.94. The van der Waals surface area contributed by atoms with Crippen LogP contribution >= 0.6 is 23.2 Å². The van der Waals surface area contributed by atoms with E-state index in [-0.39, 0.29) is 11.9 Å². The normalized spacial score (nSPS) is 12.0. The van der Waals surface area contributed by atoms with E-state index in [4.69, 9.17) is 27.9 Å². The molecule has 0 aromatic heterocycles. The van der Waals surface area contributed by atoms with Crippen molar-refractivity contribution in [2.45, 2.75) is 13.0 Å². The van der Waals surface area contributed by atoms with Crippen LogP contribution in [-0.4, -0.2) is 37.0 Å². The molecule has 0 saturated heterocycles. The van der Waals surface area contributed by atoms with Gasteiger partial charge in [-0.15, -0.1) is 0 Å². The molecule has 1 N–H and O–H groups in total. The lowest BCUT2D eigenvalue weighted by molar-refractivity contribution is -0.120. The van der Waals surface area contributed by atoms with Crippen LogP contribution in [0.3, 0.4) is 0 Å². The van der Waals surface area contributed by atoms with Crippen molar-refractivity contribution in [3.63, 3.8) is 0 Å². The van der Waals surface area contributed by atoms with Crippen molar-refractivity contribution in [2.24, 2.45) is 0 Å². The van der Waals surface area contributed by atoms with Gasteiger partial charge in [0.15, 0.2) is 0 Å². The summed E-state index contributed by atoms with van der Waals surface area (Å²) in [5.74, 6) is 0.662. The van der Waals surface area contributed by atoms with Gasteiger partial charge in [-0.3, -0.25) is 9.69 Å². The van der Waals surface area contributed by atoms with E-state index in [1.165, 1.54) is 0 Å². The Kier molecular flexibility index (Phi) is 6.91. The monoisotopic (exact) mass is 366 g/mol. The van der Waals surface area contributed by atoms with Gasteiger partial charge in [-0.25, -0.2) is 0 Å². The minimum atomic E-state index is -0.334. The zero-order chi connectivity index (χ0) is 17.5. The molecular formula is C18H20Cl2N2O2. The summed E-state index contributed by atoms with van der Waals surface area (Å²) in [5.41, 5.74) is 0.509. The van der Waals surface area contributed by atoms with Crippen LogP contribution in [-0.2, 0) is 4.79 Å². The number of hydrogen-bond donors (Lipinski definition) is 1. The fourth-order valence-electron chi connectivity index (χ4n) is 2.05. The Morgan fingerprint density at radius 3 is 2.62 bits per heavy atom. The number of benzene rings is 2. The predicted octanol–water partition coefficient (Wildman–Crippen LogP) is 4.33. The first-order valence-corrected chi connectivity index (χ1v) is 8.37. The van der Waals surface area contributed by atoms with Crippen LogP contribution in [0.25, 0.3) is 0 Å². The number of nitrogens with one attached hydrogen (secondary N) is 1. The number of para-hydroxylation sites is 1. The van der Waals surface area contributed by atoms with Crippen molar-refractivity contribution in [1.29, 1.82) is 0 Å². The lowest BCUT2D eigenvalue weighted by Crippen LogP contribution is -2.41. The van der Waals surface area contributed by atoms with E-state index in [0.29, 0.717) is 28.9 Å². The van der Waals surface area contributed by atoms with Gasteiger partial charge >= 0.3 is 0 Å². The van der Waals surface area contributed by atoms with E-state index in [1.54, 1.807) is 18.2 Å². The molecule has 0 aliphatic heterocycles. The number of carbonyl (C=O) groups is 1. The molecule has 1 atom stereocenters. The first-order valence-electron chi connectivity index (χ1n) is 7.61. The van der Waals surface area contributed by atoms with Gasteiger partial charge in [0.05, 0.1) is 16.8 Å². The largest absolute Gasteiger partial charge is 0.492 e. The molecule has 128 valence electrons. The van der Waals surface area contributed by atoms with Gasteiger partial charge in [0.1, 0.15) is 12.4 Å². The zero-order valence-electron chi connectivity index (χ0n) is 13.6. The van der Waals surface area contributed by atoms with E-state index in [2.05, 4.69) is 5.32 Å². The van der Waals surface area contributed by atoms with Crippen molar-refractivity contribution >= 4 is 34.8 Å². The number of hydrogen-bond acceptors (Lipinski definition) is 3. The van der Waals surface area contributed by atoms with Crippen molar-refractivity contribution < 1.29 is 9.53 Å². The molecule has 6 heteroatoms. The first-order chi connectivity index (χ1) is 11.5. The number of carbonyl (C=O) groups excluding carboxylic acids is 1. The zero-order valence-corrected chi connectivity index (χ0v) is 15.1. The Morgan fingerprint density at radius 1 is 1.21 bits per heavy atom. The fourth-order valence-corrected chi connectivity index (χ4v) is 2.39. The summed E-state index contributed by atoms with van der Waals surface area (Å²) in [5, 5.41) is 3.78. The van der Waals surface area contributed by atoms with Crippen molar-refractivity contribution in [1.82, 2.24) is 4.90 Å². The van der Waals surface area contributed by atoms with Gasteiger partial charge in [0.2, 0.25) is 5.91 Å². The molecule has 0 fully saturated rings. The summed E-state index contributed by atoms with van der Waals surface area (Å²) in [6, 6.07) is 14.2. The van der Waals surface area contributed by atoms with Crippen molar-refractivity contribution in [3.05, 3.63) is 58.6 Å². The molecule has 0 spiro atoms. The maximum atomic E-state index is 12.4. The smallest absolute Gasteiger partial charge is 0.241 e. The highest BCUT2D eigenvalue weighted by atomic mass is 35.5. The summed E-state index contributed by atoms with van der Waals surface area (Å²) in [7, 11) is 1.87. The van der Waals surface area contributed by atoms with E-state index >= 15 is 0 Å². The molecule has 1 amide bonds. The van der Waals surface area contributed by atoms with E-state index < -0.39 is 0 Å². The van der Waals surface area contributed by atoms with Gasteiger partial charge in [0.25, 0.3) is 0 Å². The molecule has 2 rings (SSSR count). The van der Waals surface area contributed by atoms with Crippen LogP contribution < -0.4 is 10.1 Å². The average molecular weight is 367 g/mol. The summed E-state index contributed by atoms with van der Waals surface area (Å²) in [6.07, 6.45) is 0. The lowest BCUT2D eigenvalue weighted by atomic mass is 10.2.